The van der Waals surface area contributed by atoms with Gasteiger partial charge in [0.1, 0.15) is 11.6 Å². The Morgan fingerprint density at radius 3 is 2.48 bits per heavy atom. The lowest BCUT2D eigenvalue weighted by atomic mass is 10.2. The van der Waals surface area contributed by atoms with Crippen LogP contribution in [-0.2, 0) is 17.5 Å². The van der Waals surface area contributed by atoms with Crippen LogP contribution in [0.5, 0.6) is 0 Å². The number of alkyl halides is 3. The Morgan fingerprint density at radius 1 is 1.19 bits per heavy atom. The van der Waals surface area contributed by atoms with Crippen molar-refractivity contribution in [2.45, 2.75) is 19.6 Å². The first-order valence-corrected chi connectivity index (χ1v) is 8.22. The molecule has 0 fully saturated rings. The standard InChI is InChI=1S/C20H18F3N3O/c1-2-26(13-15-7-4-3-5-8-15)14-16(12-24)19(27)25-18-10-6-9-17(11-18)20(21,22)23/h3-11,14H,2,13H2,1H3,(H,25,27)/b16-14-. The number of halogens is 3. The molecule has 1 amide bonds. The van der Waals surface area contributed by atoms with Crippen molar-refractivity contribution in [3.8, 4) is 6.07 Å². The van der Waals surface area contributed by atoms with Gasteiger partial charge >= 0.3 is 6.18 Å². The van der Waals surface area contributed by atoms with Gasteiger partial charge in [-0.25, -0.2) is 0 Å². The lowest BCUT2D eigenvalue weighted by Gasteiger charge is -2.19. The van der Waals surface area contributed by atoms with E-state index in [0.29, 0.717) is 13.1 Å². The minimum atomic E-state index is -4.51. The SMILES string of the molecule is CCN(/C=C(/C#N)C(=O)Nc1cccc(C(F)(F)F)c1)Cc1ccccc1. The average Bonchev–Trinajstić information content (AvgIpc) is 2.65. The maximum Gasteiger partial charge on any atom is 0.416 e. The molecule has 27 heavy (non-hydrogen) atoms. The highest BCUT2D eigenvalue weighted by molar-refractivity contribution is 6.06. The molecule has 0 aliphatic rings. The fourth-order valence-electron chi connectivity index (χ4n) is 2.36. The van der Waals surface area contributed by atoms with Crippen LogP contribution in [0, 0.1) is 11.3 Å². The number of nitrogens with zero attached hydrogens (tertiary/aromatic N) is 2. The lowest BCUT2D eigenvalue weighted by Crippen LogP contribution is -2.21. The Kier molecular flexibility index (Phi) is 6.61. The average molecular weight is 373 g/mol. The summed E-state index contributed by atoms with van der Waals surface area (Å²) in [6.45, 7) is 2.93. The second kappa shape index (κ2) is 8.90. The van der Waals surface area contributed by atoms with Gasteiger partial charge in [0.15, 0.2) is 0 Å². The van der Waals surface area contributed by atoms with Crippen LogP contribution in [-0.4, -0.2) is 17.4 Å². The summed E-state index contributed by atoms with van der Waals surface area (Å²) in [5, 5.41) is 11.6. The fourth-order valence-corrected chi connectivity index (χ4v) is 2.36. The van der Waals surface area contributed by atoms with Crippen molar-refractivity contribution in [3.63, 3.8) is 0 Å². The Labute approximate surface area is 155 Å². The zero-order valence-electron chi connectivity index (χ0n) is 14.6. The summed E-state index contributed by atoms with van der Waals surface area (Å²) in [5.41, 5.74) is -0.0829. The first-order chi connectivity index (χ1) is 12.8. The van der Waals surface area contributed by atoms with E-state index in [9.17, 15) is 23.2 Å². The van der Waals surface area contributed by atoms with Gasteiger partial charge in [-0.05, 0) is 30.7 Å². The van der Waals surface area contributed by atoms with Gasteiger partial charge in [-0.2, -0.15) is 18.4 Å². The van der Waals surface area contributed by atoms with Crippen molar-refractivity contribution >= 4 is 11.6 Å². The maximum absolute atomic E-state index is 12.8. The first-order valence-electron chi connectivity index (χ1n) is 8.22. The smallest absolute Gasteiger partial charge is 0.372 e. The van der Waals surface area contributed by atoms with Crippen molar-refractivity contribution in [1.82, 2.24) is 4.90 Å². The zero-order valence-corrected chi connectivity index (χ0v) is 14.6. The molecule has 0 heterocycles. The number of hydrogen-bond donors (Lipinski definition) is 1. The molecule has 0 saturated carbocycles. The maximum atomic E-state index is 12.8. The molecular weight excluding hydrogens is 355 g/mol. The minimum absolute atomic E-state index is 0.0258. The molecule has 2 rings (SSSR count). The predicted octanol–water partition coefficient (Wildman–Crippen LogP) is 4.57. The monoisotopic (exact) mass is 373 g/mol. The molecule has 0 aromatic heterocycles. The first kappa shape index (κ1) is 20.0. The third kappa shape index (κ3) is 5.89. The Bertz CT molecular complexity index is 855. The summed E-state index contributed by atoms with van der Waals surface area (Å²) in [6.07, 6.45) is -3.10. The second-order valence-electron chi connectivity index (χ2n) is 5.74. The van der Waals surface area contributed by atoms with Crippen LogP contribution in [0.1, 0.15) is 18.1 Å². The molecule has 2 aromatic rings. The summed E-state index contributed by atoms with van der Waals surface area (Å²) in [5.74, 6) is -0.761. The van der Waals surface area contributed by atoms with Gasteiger partial charge in [0.2, 0.25) is 0 Å². The van der Waals surface area contributed by atoms with Crippen molar-refractivity contribution < 1.29 is 18.0 Å². The van der Waals surface area contributed by atoms with Gasteiger partial charge < -0.3 is 10.2 Å². The molecule has 1 N–H and O–H groups in total. The number of benzene rings is 2. The molecule has 0 aliphatic heterocycles. The molecule has 0 spiro atoms. The highest BCUT2D eigenvalue weighted by Gasteiger charge is 2.30. The van der Waals surface area contributed by atoms with E-state index in [2.05, 4.69) is 5.32 Å². The van der Waals surface area contributed by atoms with Gasteiger partial charge in [-0.15, -0.1) is 0 Å². The zero-order chi connectivity index (χ0) is 19.9. The predicted molar refractivity (Wildman–Crippen MR) is 96.3 cm³/mol. The number of nitrogens with one attached hydrogen (secondary N) is 1. The van der Waals surface area contributed by atoms with E-state index in [1.165, 1.54) is 18.3 Å². The molecule has 4 nitrogen and oxygen atoms in total. The number of rotatable bonds is 6. The molecular formula is C20H18F3N3O. The fraction of sp³-hybridized carbons (Fsp3) is 0.200. The quantitative estimate of drug-likeness (QED) is 0.596. The van der Waals surface area contributed by atoms with Crippen LogP contribution in [0.25, 0.3) is 0 Å². The van der Waals surface area contributed by atoms with Crippen LogP contribution in [0.4, 0.5) is 18.9 Å². The third-order valence-corrected chi connectivity index (χ3v) is 3.76. The highest BCUT2D eigenvalue weighted by atomic mass is 19.4. The number of hydrogen-bond acceptors (Lipinski definition) is 3. The molecule has 140 valence electrons. The van der Waals surface area contributed by atoms with E-state index in [1.807, 2.05) is 37.3 Å². The van der Waals surface area contributed by atoms with Crippen LogP contribution in [0.2, 0.25) is 0 Å². The van der Waals surface area contributed by atoms with E-state index in [1.54, 1.807) is 11.0 Å². The van der Waals surface area contributed by atoms with Gasteiger partial charge in [-0.3, -0.25) is 4.79 Å². The Hall–Kier alpha value is -3.27. The van der Waals surface area contributed by atoms with Gasteiger partial charge in [0.25, 0.3) is 5.91 Å². The normalized spacial score (nSPS) is 11.6. The number of nitriles is 1. The topological polar surface area (TPSA) is 56.1 Å². The molecule has 0 bridgehead atoms. The highest BCUT2D eigenvalue weighted by Crippen LogP contribution is 2.30. The Morgan fingerprint density at radius 2 is 1.89 bits per heavy atom. The van der Waals surface area contributed by atoms with E-state index < -0.39 is 17.6 Å². The summed E-state index contributed by atoms with van der Waals surface area (Å²) in [7, 11) is 0. The number of carbonyl (C=O) groups excluding carboxylic acids is 1. The number of carbonyl (C=O) groups is 1. The molecule has 0 aliphatic carbocycles. The largest absolute Gasteiger partial charge is 0.416 e. The van der Waals surface area contributed by atoms with Gasteiger partial charge in [-0.1, -0.05) is 36.4 Å². The van der Waals surface area contributed by atoms with E-state index in [4.69, 9.17) is 0 Å². The van der Waals surface area contributed by atoms with Crippen LogP contribution < -0.4 is 5.32 Å². The Balaban J connectivity index is 2.15. The van der Waals surface area contributed by atoms with Crippen LogP contribution >= 0.6 is 0 Å². The summed E-state index contributed by atoms with van der Waals surface area (Å²) < 4.78 is 38.3. The second-order valence-corrected chi connectivity index (χ2v) is 5.74. The van der Waals surface area contributed by atoms with Crippen LogP contribution in [0.15, 0.2) is 66.4 Å². The van der Waals surface area contributed by atoms with Gasteiger partial charge in [0, 0.05) is 25.0 Å². The molecule has 0 unspecified atom stereocenters. The van der Waals surface area contributed by atoms with Crippen LogP contribution in [0.3, 0.4) is 0 Å². The summed E-state index contributed by atoms with van der Waals surface area (Å²) in [4.78, 5) is 14.1. The number of amides is 1. The van der Waals surface area contributed by atoms with Crippen molar-refractivity contribution in [2.75, 3.05) is 11.9 Å². The van der Waals surface area contributed by atoms with Crippen molar-refractivity contribution in [1.29, 1.82) is 5.26 Å². The van der Waals surface area contributed by atoms with Gasteiger partial charge in [0.05, 0.1) is 5.56 Å². The summed E-state index contributed by atoms with van der Waals surface area (Å²) >= 11 is 0. The third-order valence-electron chi connectivity index (χ3n) is 3.76. The molecule has 0 radical (unpaired) electrons. The summed E-state index contributed by atoms with van der Waals surface area (Å²) in [6, 6.07) is 15.6. The van der Waals surface area contributed by atoms with E-state index in [-0.39, 0.29) is 11.3 Å². The molecule has 7 heteroatoms. The lowest BCUT2D eigenvalue weighted by molar-refractivity contribution is -0.137. The number of anilines is 1. The molecule has 2 aromatic carbocycles. The van der Waals surface area contributed by atoms with Crippen molar-refractivity contribution in [2.24, 2.45) is 0 Å². The minimum Gasteiger partial charge on any atom is -0.372 e. The van der Waals surface area contributed by atoms with E-state index >= 15 is 0 Å². The molecule has 0 atom stereocenters. The van der Waals surface area contributed by atoms with Crippen molar-refractivity contribution in [3.05, 3.63) is 77.5 Å². The van der Waals surface area contributed by atoms with E-state index in [0.717, 1.165) is 17.7 Å². The molecule has 0 saturated heterocycles.